The monoisotopic (exact) mass is 359 g/mol. The lowest BCUT2D eigenvalue weighted by Crippen LogP contribution is -2.46. The molecule has 0 unspecified atom stereocenters. The predicted octanol–water partition coefficient (Wildman–Crippen LogP) is 1.41. The van der Waals surface area contributed by atoms with E-state index in [-0.39, 0.29) is 18.9 Å². The first kappa shape index (κ1) is 17.9. The maximum absolute atomic E-state index is 13.1. The summed E-state index contributed by atoms with van der Waals surface area (Å²) in [4.78, 5) is 25.6. The first-order valence-electron chi connectivity index (χ1n) is 8.29. The zero-order valence-corrected chi connectivity index (χ0v) is 14.7. The smallest absolute Gasteiger partial charge is 0.306 e. The second-order valence-electron chi connectivity index (χ2n) is 6.11. The maximum Gasteiger partial charge on any atom is 0.306 e. The van der Waals surface area contributed by atoms with Gasteiger partial charge in [-0.2, -0.15) is 5.10 Å². The van der Waals surface area contributed by atoms with Gasteiger partial charge in [0.2, 0.25) is 0 Å². The van der Waals surface area contributed by atoms with Gasteiger partial charge in [-0.3, -0.25) is 14.3 Å². The normalized spacial score (nSPS) is 17.2. The van der Waals surface area contributed by atoms with E-state index in [2.05, 4.69) is 5.10 Å². The Kier molecular flexibility index (Phi) is 5.22. The minimum atomic E-state index is -0.944. The molecule has 1 aromatic carbocycles. The Morgan fingerprint density at radius 1 is 1.38 bits per heavy atom. The third kappa shape index (κ3) is 3.70. The summed E-state index contributed by atoms with van der Waals surface area (Å²) in [5.41, 5.74) is 1.72. The van der Waals surface area contributed by atoms with Crippen molar-refractivity contribution >= 4 is 11.9 Å². The summed E-state index contributed by atoms with van der Waals surface area (Å²) >= 11 is 0. The van der Waals surface area contributed by atoms with E-state index >= 15 is 0 Å². The number of morpholine rings is 1. The molecule has 2 aromatic rings. The number of methoxy groups -OCH3 is 1. The van der Waals surface area contributed by atoms with E-state index in [0.29, 0.717) is 30.2 Å². The van der Waals surface area contributed by atoms with Gasteiger partial charge in [0.1, 0.15) is 11.4 Å². The van der Waals surface area contributed by atoms with E-state index in [9.17, 15) is 9.59 Å². The summed E-state index contributed by atoms with van der Waals surface area (Å²) in [6, 6.07) is 7.38. The molecule has 8 heteroatoms. The standard InChI is InChI=1S/C18H21N3O5/c1-20-11-14(17(19-20)13-5-3-4-6-15(13)25-2)18(24)21-7-8-26-12(10-21)9-16(22)23/h3-6,11-12H,7-10H2,1-2H3,(H,22,23)/t12-/m0/s1. The molecule has 0 radical (unpaired) electrons. The number of hydrogen-bond donors (Lipinski definition) is 1. The summed E-state index contributed by atoms with van der Waals surface area (Å²) in [7, 11) is 3.32. The van der Waals surface area contributed by atoms with Gasteiger partial charge in [0, 0.05) is 31.9 Å². The molecule has 1 N–H and O–H groups in total. The highest BCUT2D eigenvalue weighted by atomic mass is 16.5. The van der Waals surface area contributed by atoms with Crippen LogP contribution in [0.4, 0.5) is 0 Å². The van der Waals surface area contributed by atoms with Crippen LogP contribution in [0.5, 0.6) is 5.75 Å². The van der Waals surface area contributed by atoms with Crippen LogP contribution in [-0.2, 0) is 16.6 Å². The largest absolute Gasteiger partial charge is 0.496 e. The van der Waals surface area contributed by atoms with Crippen molar-refractivity contribution in [2.45, 2.75) is 12.5 Å². The highest BCUT2D eigenvalue weighted by Crippen LogP contribution is 2.31. The van der Waals surface area contributed by atoms with Crippen molar-refractivity contribution < 1.29 is 24.2 Å². The number of ether oxygens (including phenoxy) is 2. The third-order valence-corrected chi connectivity index (χ3v) is 4.25. The Morgan fingerprint density at radius 3 is 2.88 bits per heavy atom. The van der Waals surface area contributed by atoms with Crippen molar-refractivity contribution in [1.82, 2.24) is 14.7 Å². The predicted molar refractivity (Wildman–Crippen MR) is 93.1 cm³/mol. The van der Waals surface area contributed by atoms with E-state index in [4.69, 9.17) is 14.6 Å². The first-order valence-corrected chi connectivity index (χ1v) is 8.29. The van der Waals surface area contributed by atoms with Crippen LogP contribution in [0.3, 0.4) is 0 Å². The summed E-state index contributed by atoms with van der Waals surface area (Å²) in [6.45, 7) is 0.967. The van der Waals surface area contributed by atoms with Crippen LogP contribution < -0.4 is 4.74 Å². The average Bonchev–Trinajstić information content (AvgIpc) is 3.02. The number of carbonyl (C=O) groups excluding carboxylic acids is 1. The van der Waals surface area contributed by atoms with Crippen LogP contribution in [-0.4, -0.2) is 64.6 Å². The SMILES string of the molecule is COc1ccccc1-c1nn(C)cc1C(=O)N1CCO[C@@H](CC(=O)O)C1. The minimum Gasteiger partial charge on any atom is -0.496 e. The molecule has 1 aliphatic heterocycles. The Bertz CT molecular complexity index is 817. The number of nitrogens with zero attached hydrogens (tertiary/aromatic N) is 3. The fourth-order valence-electron chi connectivity index (χ4n) is 3.08. The quantitative estimate of drug-likeness (QED) is 0.868. The van der Waals surface area contributed by atoms with Crippen LogP contribution in [0.25, 0.3) is 11.3 Å². The number of carboxylic acids is 1. The van der Waals surface area contributed by atoms with Gasteiger partial charge in [0.15, 0.2) is 0 Å². The molecular formula is C18H21N3O5. The topological polar surface area (TPSA) is 93.9 Å². The Morgan fingerprint density at radius 2 is 2.15 bits per heavy atom. The molecule has 0 bridgehead atoms. The molecule has 8 nitrogen and oxygen atoms in total. The molecule has 0 spiro atoms. The van der Waals surface area contributed by atoms with Gasteiger partial charge in [0.25, 0.3) is 5.91 Å². The second kappa shape index (κ2) is 7.57. The molecule has 1 saturated heterocycles. The maximum atomic E-state index is 13.1. The summed E-state index contributed by atoms with van der Waals surface area (Å²) < 4.78 is 12.4. The summed E-state index contributed by atoms with van der Waals surface area (Å²) in [5.74, 6) is -0.510. The Balaban J connectivity index is 1.90. The molecule has 0 aliphatic carbocycles. The molecular weight excluding hydrogens is 338 g/mol. The number of aromatic nitrogens is 2. The third-order valence-electron chi connectivity index (χ3n) is 4.25. The fraction of sp³-hybridized carbons (Fsp3) is 0.389. The van der Waals surface area contributed by atoms with Crippen molar-refractivity contribution in [3.05, 3.63) is 36.0 Å². The highest BCUT2D eigenvalue weighted by Gasteiger charge is 2.29. The van der Waals surface area contributed by atoms with Crippen molar-refractivity contribution in [1.29, 1.82) is 0 Å². The number of rotatable bonds is 5. The molecule has 26 heavy (non-hydrogen) atoms. The molecule has 1 amide bonds. The number of amides is 1. The van der Waals surface area contributed by atoms with E-state index in [1.54, 1.807) is 29.9 Å². The molecule has 1 aromatic heterocycles. The van der Waals surface area contributed by atoms with Crippen molar-refractivity contribution in [3.8, 4) is 17.0 Å². The fourth-order valence-corrected chi connectivity index (χ4v) is 3.08. The Hall–Kier alpha value is -2.87. The van der Waals surface area contributed by atoms with Gasteiger partial charge in [0.05, 0.1) is 31.8 Å². The number of aryl methyl sites for hydroxylation is 1. The number of para-hydroxylation sites is 1. The molecule has 0 saturated carbocycles. The molecule has 1 aliphatic rings. The number of carboxylic acid groups (broad SMARTS) is 1. The summed E-state index contributed by atoms with van der Waals surface area (Å²) in [5, 5.41) is 13.4. The molecule has 1 atom stereocenters. The lowest BCUT2D eigenvalue weighted by Gasteiger charge is -2.32. The Labute approximate surface area is 150 Å². The van der Waals surface area contributed by atoms with E-state index in [0.717, 1.165) is 5.56 Å². The van der Waals surface area contributed by atoms with Gasteiger partial charge in [-0.25, -0.2) is 0 Å². The van der Waals surface area contributed by atoms with Crippen LogP contribution in [0.2, 0.25) is 0 Å². The molecule has 2 heterocycles. The number of hydrogen-bond acceptors (Lipinski definition) is 5. The molecule has 3 rings (SSSR count). The van der Waals surface area contributed by atoms with Crippen LogP contribution in [0.15, 0.2) is 30.5 Å². The van der Waals surface area contributed by atoms with Crippen LogP contribution in [0, 0.1) is 0 Å². The first-order chi connectivity index (χ1) is 12.5. The van der Waals surface area contributed by atoms with Crippen molar-refractivity contribution in [3.63, 3.8) is 0 Å². The van der Waals surface area contributed by atoms with Gasteiger partial charge in [-0.05, 0) is 12.1 Å². The van der Waals surface area contributed by atoms with Gasteiger partial charge in [-0.15, -0.1) is 0 Å². The number of aliphatic carboxylic acids is 1. The molecule has 1 fully saturated rings. The lowest BCUT2D eigenvalue weighted by atomic mass is 10.1. The second-order valence-corrected chi connectivity index (χ2v) is 6.11. The van der Waals surface area contributed by atoms with E-state index < -0.39 is 12.1 Å². The lowest BCUT2D eigenvalue weighted by molar-refractivity contribution is -0.141. The van der Waals surface area contributed by atoms with Crippen LogP contribution >= 0.6 is 0 Å². The van der Waals surface area contributed by atoms with Crippen molar-refractivity contribution in [2.24, 2.45) is 7.05 Å². The average molecular weight is 359 g/mol. The minimum absolute atomic E-state index is 0.129. The van der Waals surface area contributed by atoms with Gasteiger partial charge < -0.3 is 19.5 Å². The zero-order valence-electron chi connectivity index (χ0n) is 14.7. The van der Waals surface area contributed by atoms with E-state index in [1.165, 1.54) is 0 Å². The highest BCUT2D eigenvalue weighted by molar-refractivity contribution is 6.00. The van der Waals surface area contributed by atoms with E-state index in [1.807, 2.05) is 24.3 Å². The number of carbonyl (C=O) groups is 2. The van der Waals surface area contributed by atoms with Gasteiger partial charge >= 0.3 is 5.97 Å². The van der Waals surface area contributed by atoms with Gasteiger partial charge in [-0.1, -0.05) is 12.1 Å². The summed E-state index contributed by atoms with van der Waals surface area (Å²) in [6.07, 6.45) is 1.04. The number of benzene rings is 1. The van der Waals surface area contributed by atoms with Crippen LogP contribution in [0.1, 0.15) is 16.8 Å². The molecule has 138 valence electrons. The van der Waals surface area contributed by atoms with Crippen molar-refractivity contribution in [2.75, 3.05) is 26.8 Å². The zero-order chi connectivity index (χ0) is 18.7.